The van der Waals surface area contributed by atoms with E-state index in [9.17, 15) is 21.6 Å². The Morgan fingerprint density at radius 1 is 1.14 bits per heavy atom. The molecule has 9 nitrogen and oxygen atoms in total. The van der Waals surface area contributed by atoms with Crippen LogP contribution >= 0.6 is 11.6 Å². The zero-order valence-corrected chi connectivity index (χ0v) is 22.0. The molecule has 0 atom stereocenters. The highest BCUT2D eigenvalue weighted by Crippen LogP contribution is 2.39. The molecule has 0 unspecified atom stereocenters. The molecular weight excluding hydrogens is 525 g/mol. The van der Waals surface area contributed by atoms with E-state index in [-0.39, 0.29) is 23.6 Å². The molecule has 15 heteroatoms. The average Bonchev–Trinajstić information content (AvgIpc) is 2.72. The second-order valence-electron chi connectivity index (χ2n) is 8.87. The first-order chi connectivity index (χ1) is 16.2. The lowest BCUT2D eigenvalue weighted by Gasteiger charge is -2.26. The number of sulfonamides is 1. The Kier molecular flexibility index (Phi) is 7.88. The molecular formula is C20H24ClF3N6O3SSi. The Hall–Kier alpha value is -2.55. The molecule has 1 aromatic carbocycles. The van der Waals surface area contributed by atoms with Crippen LogP contribution in [0.5, 0.6) is 0 Å². The minimum atomic E-state index is -4.79. The number of benzene rings is 1. The van der Waals surface area contributed by atoms with Gasteiger partial charge in [-0.25, -0.2) is 17.7 Å². The highest BCUT2D eigenvalue weighted by atomic mass is 35.5. The molecule has 2 aromatic heterocycles. The molecule has 0 aliphatic carbocycles. The molecule has 0 bridgehead atoms. The van der Waals surface area contributed by atoms with Crippen LogP contribution in [0.1, 0.15) is 5.56 Å². The number of aromatic nitrogens is 4. The van der Waals surface area contributed by atoms with Gasteiger partial charge in [0.2, 0.25) is 15.3 Å². The van der Waals surface area contributed by atoms with Crippen molar-refractivity contribution in [3.8, 4) is 0 Å². The molecule has 2 heterocycles. The normalized spacial score (nSPS) is 12.7. The van der Waals surface area contributed by atoms with Crippen LogP contribution in [0.2, 0.25) is 31.0 Å². The van der Waals surface area contributed by atoms with Crippen LogP contribution in [0.15, 0.2) is 30.7 Å². The average molecular weight is 549 g/mol. The molecule has 3 aromatic rings. The third kappa shape index (κ3) is 6.99. The summed E-state index contributed by atoms with van der Waals surface area (Å²) in [5, 5.41) is 2.15. The van der Waals surface area contributed by atoms with Gasteiger partial charge in [0.1, 0.15) is 29.3 Å². The third-order valence-corrected chi connectivity index (χ3v) is 7.76. The molecule has 0 radical (unpaired) electrons. The molecule has 190 valence electrons. The van der Waals surface area contributed by atoms with Gasteiger partial charge in [0.15, 0.2) is 0 Å². The van der Waals surface area contributed by atoms with Gasteiger partial charge >= 0.3 is 6.18 Å². The maximum absolute atomic E-state index is 13.6. The standard InChI is InChI=1S/C20H24ClF3N6O3SSi/c1-34(31,32)30(12-33-9-10-35(2,3)4)17-15(6-5-14-16(17)26-8-7-25-14)28-18-13(20(22,23)24)11-27-19(21)29-18/h5-8,11H,9-10,12H2,1-4H3,(H,27,28,29). The van der Waals surface area contributed by atoms with E-state index in [1.54, 1.807) is 0 Å². The Balaban J connectivity index is 2.13. The summed E-state index contributed by atoms with van der Waals surface area (Å²) >= 11 is 5.75. The van der Waals surface area contributed by atoms with Crippen molar-refractivity contribution in [1.29, 1.82) is 0 Å². The fraction of sp³-hybridized carbons (Fsp3) is 0.400. The summed E-state index contributed by atoms with van der Waals surface area (Å²) in [6, 6.07) is 3.68. The minimum absolute atomic E-state index is 0.0162. The van der Waals surface area contributed by atoms with E-state index in [1.165, 1.54) is 24.5 Å². The first-order valence-electron chi connectivity index (χ1n) is 10.3. The van der Waals surface area contributed by atoms with Crippen molar-refractivity contribution in [2.45, 2.75) is 31.9 Å². The summed E-state index contributed by atoms with van der Waals surface area (Å²) in [5.41, 5.74) is -0.748. The molecule has 0 saturated heterocycles. The summed E-state index contributed by atoms with van der Waals surface area (Å²) < 4.78 is 73.0. The smallest absolute Gasteiger partial charge is 0.360 e. The van der Waals surface area contributed by atoms with Gasteiger partial charge in [-0.1, -0.05) is 19.6 Å². The monoisotopic (exact) mass is 548 g/mol. The fourth-order valence-corrected chi connectivity index (χ4v) is 4.69. The highest BCUT2D eigenvalue weighted by molar-refractivity contribution is 7.92. The van der Waals surface area contributed by atoms with Gasteiger partial charge in [-0.05, 0) is 29.8 Å². The van der Waals surface area contributed by atoms with Crippen LogP contribution < -0.4 is 9.62 Å². The first-order valence-corrected chi connectivity index (χ1v) is 16.3. The lowest BCUT2D eigenvalue weighted by Crippen LogP contribution is -2.34. The lowest BCUT2D eigenvalue weighted by atomic mass is 10.2. The largest absolute Gasteiger partial charge is 0.421 e. The van der Waals surface area contributed by atoms with Crippen LogP contribution in [0.25, 0.3) is 11.0 Å². The van der Waals surface area contributed by atoms with Crippen molar-refractivity contribution in [2.75, 3.05) is 29.2 Å². The quantitative estimate of drug-likeness (QED) is 0.174. The van der Waals surface area contributed by atoms with Gasteiger partial charge < -0.3 is 10.1 Å². The molecule has 0 saturated carbocycles. The number of ether oxygens (including phenoxy) is 1. The predicted octanol–water partition coefficient (Wildman–Crippen LogP) is 4.91. The maximum atomic E-state index is 13.6. The number of fused-ring (bicyclic) bond motifs is 1. The molecule has 0 amide bonds. The Morgan fingerprint density at radius 2 is 1.83 bits per heavy atom. The zero-order valence-electron chi connectivity index (χ0n) is 19.4. The summed E-state index contributed by atoms with van der Waals surface area (Å²) in [5.74, 6) is -0.643. The summed E-state index contributed by atoms with van der Waals surface area (Å²) in [6.45, 7) is 6.40. The maximum Gasteiger partial charge on any atom is 0.421 e. The highest BCUT2D eigenvalue weighted by Gasteiger charge is 2.36. The van der Waals surface area contributed by atoms with E-state index >= 15 is 0 Å². The summed E-state index contributed by atoms with van der Waals surface area (Å²) in [7, 11) is -5.41. The second-order valence-corrected chi connectivity index (χ2v) is 16.7. The topological polar surface area (TPSA) is 110 Å². The van der Waals surface area contributed by atoms with Crippen molar-refractivity contribution in [2.24, 2.45) is 0 Å². The summed E-state index contributed by atoms with van der Waals surface area (Å²) in [6.07, 6.45) is -0.506. The van der Waals surface area contributed by atoms with Gasteiger partial charge in [0, 0.05) is 33.3 Å². The Bertz CT molecular complexity index is 1320. The molecule has 0 aliphatic heterocycles. The van der Waals surface area contributed by atoms with Crippen molar-refractivity contribution < 1.29 is 26.3 Å². The molecule has 0 spiro atoms. The zero-order chi connectivity index (χ0) is 26.0. The van der Waals surface area contributed by atoms with E-state index in [2.05, 4.69) is 44.9 Å². The number of nitrogens with one attached hydrogen (secondary N) is 1. The van der Waals surface area contributed by atoms with Crippen molar-refractivity contribution >= 4 is 57.9 Å². The van der Waals surface area contributed by atoms with E-state index in [4.69, 9.17) is 16.3 Å². The Labute approximate surface area is 206 Å². The first kappa shape index (κ1) is 27.0. The van der Waals surface area contributed by atoms with E-state index in [1.807, 2.05) is 0 Å². The molecule has 1 N–H and O–H groups in total. The van der Waals surface area contributed by atoms with Gasteiger partial charge in [-0.15, -0.1) is 0 Å². The number of alkyl halides is 3. The number of anilines is 3. The van der Waals surface area contributed by atoms with Crippen LogP contribution in [0.4, 0.5) is 30.4 Å². The van der Waals surface area contributed by atoms with E-state index in [0.29, 0.717) is 18.3 Å². The SMILES string of the molecule is C[Si](C)(C)CCOCN(c1c(Nc2nc(Cl)ncc2C(F)(F)F)ccc2nccnc12)S(C)(=O)=O. The van der Waals surface area contributed by atoms with Crippen LogP contribution in [-0.2, 0) is 20.9 Å². The van der Waals surface area contributed by atoms with Gasteiger partial charge in [-0.2, -0.15) is 18.2 Å². The molecule has 35 heavy (non-hydrogen) atoms. The number of hydrogen-bond donors (Lipinski definition) is 1. The van der Waals surface area contributed by atoms with Gasteiger partial charge in [0.05, 0.1) is 17.5 Å². The van der Waals surface area contributed by atoms with Crippen LogP contribution in [0, 0.1) is 0 Å². The van der Waals surface area contributed by atoms with Crippen LogP contribution in [-0.4, -0.2) is 56.0 Å². The number of halogens is 4. The molecule has 0 fully saturated rings. The lowest BCUT2D eigenvalue weighted by molar-refractivity contribution is -0.137. The van der Waals surface area contributed by atoms with Crippen molar-refractivity contribution in [1.82, 2.24) is 19.9 Å². The minimum Gasteiger partial charge on any atom is -0.360 e. The van der Waals surface area contributed by atoms with Crippen molar-refractivity contribution in [3.63, 3.8) is 0 Å². The predicted molar refractivity (Wildman–Crippen MR) is 131 cm³/mol. The molecule has 0 aliphatic rings. The van der Waals surface area contributed by atoms with E-state index < -0.39 is 40.9 Å². The van der Waals surface area contributed by atoms with Crippen molar-refractivity contribution in [3.05, 3.63) is 41.6 Å². The van der Waals surface area contributed by atoms with E-state index in [0.717, 1.165) is 16.6 Å². The Morgan fingerprint density at radius 3 is 2.46 bits per heavy atom. The fourth-order valence-electron chi connectivity index (χ4n) is 3.02. The third-order valence-electron chi connectivity index (χ3n) is 4.79. The van der Waals surface area contributed by atoms with Crippen LogP contribution in [0.3, 0.4) is 0 Å². The van der Waals surface area contributed by atoms with Gasteiger partial charge in [-0.3, -0.25) is 9.97 Å². The second kappa shape index (κ2) is 10.2. The van der Waals surface area contributed by atoms with Gasteiger partial charge in [0.25, 0.3) is 0 Å². The molecule has 3 rings (SSSR count). The number of hydrogen-bond acceptors (Lipinski definition) is 8. The number of rotatable bonds is 9. The number of nitrogens with zero attached hydrogens (tertiary/aromatic N) is 5. The summed E-state index contributed by atoms with van der Waals surface area (Å²) in [4.78, 5) is 15.5.